The largest absolute Gasteiger partial charge is 0.508 e. The van der Waals surface area contributed by atoms with Crippen molar-refractivity contribution >= 4 is 23.4 Å². The lowest BCUT2D eigenvalue weighted by Crippen LogP contribution is -2.53. The minimum absolute atomic E-state index is 0.276. The van der Waals surface area contributed by atoms with Crippen molar-refractivity contribution in [3.63, 3.8) is 0 Å². The number of nitrogens with zero attached hydrogens (tertiary/aromatic N) is 4. The third-order valence-electron chi connectivity index (χ3n) is 13.4. The molecule has 3 fully saturated rings. The van der Waals surface area contributed by atoms with Gasteiger partial charge in [-0.25, -0.2) is 0 Å². The van der Waals surface area contributed by atoms with Crippen LogP contribution in [0.3, 0.4) is 0 Å². The summed E-state index contributed by atoms with van der Waals surface area (Å²) in [5.41, 5.74) is 9.10. The molecule has 9 rings (SSSR count). The first kappa shape index (κ1) is 37.3. The Hall–Kier alpha value is -5.25. The molecule has 0 spiro atoms. The normalized spacial score (nSPS) is 23.4. The Morgan fingerprint density at radius 2 is 1.47 bits per heavy atom. The summed E-state index contributed by atoms with van der Waals surface area (Å²) >= 11 is 0. The number of carbonyl (C=O) groups is 3. The summed E-state index contributed by atoms with van der Waals surface area (Å²) in [7, 11) is 0. The van der Waals surface area contributed by atoms with E-state index in [1.807, 2.05) is 24.3 Å². The number of allylic oxidation sites excluding steroid dienone is 1. The number of hydrogen-bond donors (Lipinski definition) is 2. The summed E-state index contributed by atoms with van der Waals surface area (Å²) in [6.45, 7) is 10.9. The van der Waals surface area contributed by atoms with Crippen molar-refractivity contribution in [3.05, 3.63) is 142 Å². The predicted octanol–water partition coefficient (Wildman–Crippen LogP) is 6.86. The fourth-order valence-corrected chi connectivity index (χ4v) is 10.3. The molecule has 4 aromatic rings. The highest BCUT2D eigenvalue weighted by Gasteiger charge is 2.44. The van der Waals surface area contributed by atoms with Gasteiger partial charge in [0.25, 0.3) is 11.8 Å². The number of phenols is 1. The van der Waals surface area contributed by atoms with E-state index >= 15 is 0 Å². The van der Waals surface area contributed by atoms with Crippen molar-refractivity contribution in [3.8, 4) is 5.75 Å². The van der Waals surface area contributed by atoms with E-state index in [0.29, 0.717) is 47.4 Å². The maximum Gasteiger partial charge on any atom is 0.262 e. The first-order valence-corrected chi connectivity index (χ1v) is 21.0. The standard InChI is InChI=1S/C48H53N5O4/c1-32-9-20-44(46(55)49-32)53-47(56)42-18-15-38(31-43(42)48(53)57)52-28-26-51(27-29-52)37-21-24-50(25-22-37)23-5-6-33-10-12-35(13-11-33)45-40(34-7-3-2-4-8-34)17-14-36-30-39(54)16-19-41(36)45/h2-4,7-8,10-13,15-16,18-19,30-31,37,40,44-45,54H,1,5-6,9,14,17,20-29H2,(H,49,55)/t40-,44?,45+/m1/s1. The summed E-state index contributed by atoms with van der Waals surface area (Å²) in [5.74, 6) is -0.0641. The lowest BCUT2D eigenvalue weighted by atomic mass is 9.69. The number of benzene rings is 4. The highest BCUT2D eigenvalue weighted by atomic mass is 16.3. The molecular formula is C48H53N5O4. The van der Waals surface area contributed by atoms with Crippen LogP contribution in [-0.2, 0) is 17.6 Å². The summed E-state index contributed by atoms with van der Waals surface area (Å²) in [6.07, 6.45) is 7.61. The third kappa shape index (κ3) is 7.51. The van der Waals surface area contributed by atoms with E-state index in [1.165, 1.54) is 40.7 Å². The van der Waals surface area contributed by atoms with Gasteiger partial charge in [-0.1, -0.05) is 67.2 Å². The molecule has 0 bridgehead atoms. The number of likely N-dealkylation sites (tertiary alicyclic amines) is 1. The smallest absolute Gasteiger partial charge is 0.262 e. The van der Waals surface area contributed by atoms with Crippen molar-refractivity contribution in [2.45, 2.75) is 75.3 Å². The zero-order chi connectivity index (χ0) is 39.0. The molecule has 9 heteroatoms. The van der Waals surface area contributed by atoms with Crippen LogP contribution in [0.1, 0.15) is 98.9 Å². The number of nitrogens with one attached hydrogen (secondary N) is 1. The number of phenolic OH excluding ortho intramolecular Hbond substituents is 1. The van der Waals surface area contributed by atoms with Crippen LogP contribution in [0, 0.1) is 0 Å². The number of aromatic hydroxyl groups is 1. The lowest BCUT2D eigenvalue weighted by molar-refractivity contribution is -0.125. The van der Waals surface area contributed by atoms with Crippen LogP contribution in [0.5, 0.6) is 5.75 Å². The second-order valence-electron chi connectivity index (χ2n) is 16.7. The van der Waals surface area contributed by atoms with Crippen LogP contribution in [0.2, 0.25) is 0 Å². The van der Waals surface area contributed by atoms with Crippen LogP contribution in [0.4, 0.5) is 5.69 Å². The van der Waals surface area contributed by atoms with Gasteiger partial charge in [0.1, 0.15) is 11.8 Å². The van der Waals surface area contributed by atoms with Crippen molar-refractivity contribution < 1.29 is 19.5 Å². The number of carbonyl (C=O) groups excluding carboxylic acids is 3. The third-order valence-corrected chi connectivity index (χ3v) is 13.4. The Morgan fingerprint density at radius 1 is 0.719 bits per heavy atom. The fourth-order valence-electron chi connectivity index (χ4n) is 10.3. The van der Waals surface area contributed by atoms with Crippen molar-refractivity contribution in [2.24, 2.45) is 0 Å². The number of piperidine rings is 2. The summed E-state index contributed by atoms with van der Waals surface area (Å²) < 4.78 is 0. The average Bonchev–Trinajstić information content (AvgIpc) is 3.49. The van der Waals surface area contributed by atoms with E-state index in [-0.39, 0.29) is 23.6 Å². The highest BCUT2D eigenvalue weighted by Crippen LogP contribution is 2.47. The Bertz CT molecular complexity index is 2150. The van der Waals surface area contributed by atoms with Gasteiger partial charge < -0.3 is 20.2 Å². The number of rotatable bonds is 9. The Morgan fingerprint density at radius 3 is 2.23 bits per heavy atom. The molecular weight excluding hydrogens is 711 g/mol. The number of aryl methyl sites for hydroxylation is 2. The van der Waals surface area contributed by atoms with Crippen LogP contribution in [-0.4, -0.2) is 95.4 Å². The Balaban J connectivity index is 0.742. The second-order valence-corrected chi connectivity index (χ2v) is 16.7. The molecule has 1 aliphatic carbocycles. The summed E-state index contributed by atoms with van der Waals surface area (Å²) in [5, 5.41) is 12.9. The molecule has 1 unspecified atom stereocenters. The molecule has 3 atom stereocenters. The quantitative estimate of drug-likeness (QED) is 0.180. The first-order valence-electron chi connectivity index (χ1n) is 21.0. The van der Waals surface area contributed by atoms with Gasteiger partial charge in [0.05, 0.1) is 11.1 Å². The van der Waals surface area contributed by atoms with Gasteiger partial charge in [-0.2, -0.15) is 0 Å². The van der Waals surface area contributed by atoms with Crippen molar-refractivity contribution in [1.82, 2.24) is 20.0 Å². The van der Waals surface area contributed by atoms with Crippen molar-refractivity contribution in [1.29, 1.82) is 0 Å². The molecule has 5 aliphatic rings. The number of anilines is 1. The van der Waals surface area contributed by atoms with E-state index in [2.05, 4.69) is 87.3 Å². The topological polar surface area (TPSA) is 96.4 Å². The summed E-state index contributed by atoms with van der Waals surface area (Å²) in [6, 6.07) is 31.6. The number of amides is 3. The van der Waals surface area contributed by atoms with Gasteiger partial charge in [0.15, 0.2) is 0 Å². The molecule has 3 saturated heterocycles. The Labute approximate surface area is 336 Å². The first-order chi connectivity index (χ1) is 27.8. The van der Waals surface area contributed by atoms with Crippen LogP contribution >= 0.6 is 0 Å². The molecule has 4 aliphatic heterocycles. The van der Waals surface area contributed by atoms with Crippen LogP contribution < -0.4 is 10.2 Å². The predicted molar refractivity (Wildman–Crippen MR) is 223 cm³/mol. The Kier molecular flexibility index (Phi) is 10.4. The molecule has 0 aromatic heterocycles. The molecule has 4 heterocycles. The molecule has 0 radical (unpaired) electrons. The van der Waals surface area contributed by atoms with E-state index in [4.69, 9.17) is 0 Å². The van der Waals surface area contributed by atoms with Gasteiger partial charge in [-0.3, -0.25) is 24.2 Å². The van der Waals surface area contributed by atoms with E-state index < -0.39 is 6.04 Å². The maximum absolute atomic E-state index is 13.4. The zero-order valence-electron chi connectivity index (χ0n) is 32.7. The molecule has 3 amide bonds. The monoisotopic (exact) mass is 763 g/mol. The minimum Gasteiger partial charge on any atom is -0.508 e. The van der Waals surface area contributed by atoms with Crippen LogP contribution in [0.25, 0.3) is 0 Å². The number of imide groups is 1. The average molecular weight is 764 g/mol. The molecule has 2 N–H and O–H groups in total. The zero-order valence-corrected chi connectivity index (χ0v) is 32.7. The van der Waals surface area contributed by atoms with E-state index in [1.54, 1.807) is 6.07 Å². The van der Waals surface area contributed by atoms with Gasteiger partial charge in [-0.15, -0.1) is 0 Å². The number of fused-ring (bicyclic) bond motifs is 2. The number of piperazine rings is 1. The summed E-state index contributed by atoms with van der Waals surface area (Å²) in [4.78, 5) is 48.0. The molecule has 57 heavy (non-hydrogen) atoms. The van der Waals surface area contributed by atoms with Gasteiger partial charge in [0.2, 0.25) is 5.91 Å². The van der Waals surface area contributed by atoms with Gasteiger partial charge >= 0.3 is 0 Å². The highest BCUT2D eigenvalue weighted by molar-refractivity contribution is 6.23. The molecule has 294 valence electrons. The molecule has 4 aromatic carbocycles. The van der Waals surface area contributed by atoms with Crippen molar-refractivity contribution in [2.75, 3.05) is 50.7 Å². The van der Waals surface area contributed by atoms with Gasteiger partial charge in [-0.05, 0) is 135 Å². The second kappa shape index (κ2) is 15.9. The van der Waals surface area contributed by atoms with E-state index in [0.717, 1.165) is 82.1 Å². The maximum atomic E-state index is 13.4. The van der Waals surface area contributed by atoms with Gasteiger partial charge in [0, 0.05) is 49.5 Å². The number of hydrogen-bond acceptors (Lipinski definition) is 7. The SMILES string of the molecule is C=C1CCC(N2C(=O)c3ccc(N4CCN(C5CCN(CCCc6ccc([C@@H]7c8ccc(O)cc8CC[C@@H]7c7ccccc7)cc6)CC5)CC4)cc3C2=O)C(=O)N1. The molecule has 0 saturated carbocycles. The van der Waals surface area contributed by atoms with E-state index in [9.17, 15) is 19.5 Å². The minimum atomic E-state index is -0.794. The fraction of sp³-hybridized carbons (Fsp3) is 0.396. The lowest BCUT2D eigenvalue weighted by Gasteiger charge is -2.43. The molecule has 9 nitrogen and oxygen atoms in total. The van der Waals surface area contributed by atoms with Crippen LogP contribution in [0.15, 0.2) is 103 Å².